The van der Waals surface area contributed by atoms with Crippen molar-refractivity contribution in [3.8, 4) is 5.69 Å². The molecule has 0 radical (unpaired) electrons. The standard InChI is InChI=1S/C11H13N3O/c1-7-3-4-9(8(2)5-7)14-10(12)6-11(15)13-14/h3-6H,12H2,1-2H3,(H,13,15). The van der Waals surface area contributed by atoms with Crippen molar-refractivity contribution >= 4 is 5.82 Å². The molecule has 0 atom stereocenters. The molecule has 0 aliphatic rings. The SMILES string of the molecule is Cc1ccc(-n2[nH]c(=O)cc2N)c(C)c1. The summed E-state index contributed by atoms with van der Waals surface area (Å²) in [5, 5.41) is 2.66. The maximum atomic E-state index is 11.1. The fourth-order valence-electron chi connectivity index (χ4n) is 1.66. The predicted molar refractivity (Wildman–Crippen MR) is 60.3 cm³/mol. The molecule has 2 rings (SSSR count). The molecular weight excluding hydrogens is 190 g/mol. The largest absolute Gasteiger partial charge is 0.384 e. The fraction of sp³-hybridized carbons (Fsp3) is 0.182. The van der Waals surface area contributed by atoms with E-state index in [4.69, 9.17) is 5.73 Å². The Labute approximate surface area is 87.3 Å². The third kappa shape index (κ3) is 1.66. The lowest BCUT2D eigenvalue weighted by atomic mass is 10.1. The van der Waals surface area contributed by atoms with Crippen LogP contribution in [-0.4, -0.2) is 9.78 Å². The molecule has 0 fully saturated rings. The highest BCUT2D eigenvalue weighted by Gasteiger charge is 2.05. The van der Waals surface area contributed by atoms with E-state index in [1.54, 1.807) is 4.68 Å². The van der Waals surface area contributed by atoms with Gasteiger partial charge in [-0.3, -0.25) is 9.89 Å². The summed E-state index contributed by atoms with van der Waals surface area (Å²) in [5.74, 6) is 0.423. The van der Waals surface area contributed by atoms with Crippen molar-refractivity contribution in [3.05, 3.63) is 45.7 Å². The molecule has 2 aromatic rings. The van der Waals surface area contributed by atoms with Crippen molar-refractivity contribution in [2.75, 3.05) is 5.73 Å². The van der Waals surface area contributed by atoms with E-state index in [0.29, 0.717) is 5.82 Å². The first kappa shape index (κ1) is 9.58. The maximum Gasteiger partial charge on any atom is 0.266 e. The molecule has 1 aromatic heterocycles. The number of nitrogens with one attached hydrogen (secondary N) is 1. The van der Waals surface area contributed by atoms with E-state index in [0.717, 1.165) is 11.3 Å². The third-order valence-corrected chi connectivity index (χ3v) is 2.35. The number of aromatic nitrogens is 2. The first-order valence-corrected chi connectivity index (χ1v) is 4.73. The first-order valence-electron chi connectivity index (χ1n) is 4.73. The molecule has 78 valence electrons. The van der Waals surface area contributed by atoms with Crippen LogP contribution in [0, 0.1) is 13.8 Å². The summed E-state index contributed by atoms with van der Waals surface area (Å²) in [6, 6.07) is 7.35. The minimum absolute atomic E-state index is 0.188. The summed E-state index contributed by atoms with van der Waals surface area (Å²) in [6.45, 7) is 4.01. The highest BCUT2D eigenvalue weighted by Crippen LogP contribution is 2.16. The first-order chi connectivity index (χ1) is 7.08. The second kappa shape index (κ2) is 3.31. The Morgan fingerprint density at radius 2 is 2.00 bits per heavy atom. The fourth-order valence-corrected chi connectivity index (χ4v) is 1.66. The van der Waals surface area contributed by atoms with Crippen molar-refractivity contribution in [1.29, 1.82) is 0 Å². The molecule has 15 heavy (non-hydrogen) atoms. The quantitative estimate of drug-likeness (QED) is 0.735. The number of H-pyrrole nitrogens is 1. The summed E-state index contributed by atoms with van der Waals surface area (Å²) < 4.78 is 1.59. The molecule has 0 unspecified atom stereocenters. The van der Waals surface area contributed by atoms with Crippen LogP contribution in [0.2, 0.25) is 0 Å². The zero-order chi connectivity index (χ0) is 11.0. The van der Waals surface area contributed by atoms with Crippen molar-refractivity contribution in [3.63, 3.8) is 0 Å². The lowest BCUT2D eigenvalue weighted by Gasteiger charge is -2.09. The topological polar surface area (TPSA) is 63.8 Å². The highest BCUT2D eigenvalue weighted by atomic mass is 16.1. The molecule has 3 N–H and O–H groups in total. The summed E-state index contributed by atoms with van der Waals surface area (Å²) in [5.41, 5.74) is 8.69. The molecule has 0 spiro atoms. The Morgan fingerprint density at radius 3 is 2.53 bits per heavy atom. The molecule has 1 heterocycles. The van der Waals surface area contributed by atoms with Crippen molar-refractivity contribution < 1.29 is 0 Å². The van der Waals surface area contributed by atoms with Gasteiger partial charge in [0.15, 0.2) is 0 Å². The molecule has 0 bridgehead atoms. The average molecular weight is 203 g/mol. The zero-order valence-electron chi connectivity index (χ0n) is 8.74. The smallest absolute Gasteiger partial charge is 0.266 e. The van der Waals surface area contributed by atoms with E-state index in [1.165, 1.54) is 11.6 Å². The summed E-state index contributed by atoms with van der Waals surface area (Å²) in [4.78, 5) is 11.1. The molecule has 0 amide bonds. The Kier molecular flexibility index (Phi) is 2.11. The Morgan fingerprint density at radius 1 is 1.27 bits per heavy atom. The van der Waals surface area contributed by atoms with Gasteiger partial charge < -0.3 is 5.73 Å². The number of aryl methyl sites for hydroxylation is 2. The molecule has 0 aliphatic carbocycles. The van der Waals surface area contributed by atoms with Gasteiger partial charge in [-0.25, -0.2) is 4.68 Å². The van der Waals surface area contributed by atoms with Gasteiger partial charge in [0, 0.05) is 6.07 Å². The Hall–Kier alpha value is -1.97. The van der Waals surface area contributed by atoms with E-state index in [9.17, 15) is 4.79 Å². The number of nitrogens with zero attached hydrogens (tertiary/aromatic N) is 1. The Bertz CT molecular complexity index is 551. The summed E-state index contributed by atoms with van der Waals surface area (Å²) in [6.07, 6.45) is 0. The second-order valence-electron chi connectivity index (χ2n) is 3.67. The van der Waals surface area contributed by atoms with E-state index < -0.39 is 0 Å². The minimum atomic E-state index is -0.188. The van der Waals surface area contributed by atoms with Gasteiger partial charge >= 0.3 is 0 Å². The molecule has 0 saturated heterocycles. The van der Waals surface area contributed by atoms with Gasteiger partial charge in [0.2, 0.25) is 0 Å². The van der Waals surface area contributed by atoms with Crippen LogP contribution in [-0.2, 0) is 0 Å². The lowest BCUT2D eigenvalue weighted by molar-refractivity contribution is 0.866. The predicted octanol–water partition coefficient (Wildman–Crippen LogP) is 1.36. The monoisotopic (exact) mass is 203 g/mol. The van der Waals surface area contributed by atoms with Gasteiger partial charge in [0.25, 0.3) is 5.56 Å². The van der Waals surface area contributed by atoms with Crippen molar-refractivity contribution in [2.24, 2.45) is 0 Å². The van der Waals surface area contributed by atoms with Crippen LogP contribution in [0.5, 0.6) is 0 Å². The number of rotatable bonds is 1. The van der Waals surface area contributed by atoms with Crippen LogP contribution in [0.15, 0.2) is 29.1 Å². The van der Waals surface area contributed by atoms with Crippen LogP contribution < -0.4 is 11.3 Å². The average Bonchev–Trinajstić information content (AvgIpc) is 2.45. The van der Waals surface area contributed by atoms with Crippen molar-refractivity contribution in [2.45, 2.75) is 13.8 Å². The van der Waals surface area contributed by atoms with Crippen LogP contribution in [0.1, 0.15) is 11.1 Å². The van der Waals surface area contributed by atoms with E-state index in [-0.39, 0.29) is 5.56 Å². The molecule has 4 nitrogen and oxygen atoms in total. The number of benzene rings is 1. The number of nitrogen functional groups attached to an aromatic ring is 1. The van der Waals surface area contributed by atoms with Gasteiger partial charge in [-0.2, -0.15) is 0 Å². The number of hydrogen-bond acceptors (Lipinski definition) is 2. The molecule has 1 aromatic carbocycles. The molecular formula is C11H13N3O. The van der Waals surface area contributed by atoms with Crippen LogP contribution in [0.25, 0.3) is 5.69 Å². The third-order valence-electron chi connectivity index (χ3n) is 2.35. The van der Waals surface area contributed by atoms with Gasteiger partial charge in [-0.15, -0.1) is 0 Å². The van der Waals surface area contributed by atoms with Gasteiger partial charge in [-0.1, -0.05) is 17.7 Å². The summed E-state index contributed by atoms with van der Waals surface area (Å²) >= 11 is 0. The summed E-state index contributed by atoms with van der Waals surface area (Å²) in [7, 11) is 0. The van der Waals surface area contributed by atoms with Crippen LogP contribution >= 0.6 is 0 Å². The normalized spacial score (nSPS) is 10.5. The molecule has 4 heteroatoms. The number of anilines is 1. The number of hydrogen-bond donors (Lipinski definition) is 2. The van der Waals surface area contributed by atoms with E-state index in [1.807, 2.05) is 32.0 Å². The number of nitrogens with two attached hydrogens (primary N) is 1. The maximum absolute atomic E-state index is 11.1. The van der Waals surface area contributed by atoms with Gasteiger partial charge in [-0.05, 0) is 25.5 Å². The van der Waals surface area contributed by atoms with Crippen LogP contribution in [0.3, 0.4) is 0 Å². The van der Waals surface area contributed by atoms with E-state index in [2.05, 4.69) is 5.10 Å². The molecule has 0 saturated carbocycles. The van der Waals surface area contributed by atoms with Gasteiger partial charge in [0.1, 0.15) is 5.82 Å². The van der Waals surface area contributed by atoms with E-state index >= 15 is 0 Å². The molecule has 0 aliphatic heterocycles. The number of aromatic amines is 1. The van der Waals surface area contributed by atoms with Crippen LogP contribution in [0.4, 0.5) is 5.82 Å². The highest BCUT2D eigenvalue weighted by molar-refractivity contribution is 5.47. The zero-order valence-corrected chi connectivity index (χ0v) is 8.74. The second-order valence-corrected chi connectivity index (χ2v) is 3.67. The minimum Gasteiger partial charge on any atom is -0.384 e. The van der Waals surface area contributed by atoms with Gasteiger partial charge in [0.05, 0.1) is 5.69 Å². The van der Waals surface area contributed by atoms with Crippen molar-refractivity contribution in [1.82, 2.24) is 9.78 Å². The lowest BCUT2D eigenvalue weighted by Crippen LogP contribution is -2.06. The Balaban J connectivity index is 2.64.